The topological polar surface area (TPSA) is 73.6 Å². The molecule has 5 nitrogen and oxygen atoms in total. The Bertz CT molecular complexity index is 792. The van der Waals surface area contributed by atoms with E-state index in [1.165, 1.54) is 0 Å². The Kier molecular flexibility index (Phi) is 4.59. The molecular weight excluding hydrogens is 304 g/mol. The number of rotatable bonds is 5. The van der Waals surface area contributed by atoms with Crippen LogP contribution in [0.25, 0.3) is 0 Å². The summed E-state index contributed by atoms with van der Waals surface area (Å²) in [6.45, 7) is 0.971. The van der Waals surface area contributed by atoms with Gasteiger partial charge in [-0.15, -0.1) is 0 Å². The summed E-state index contributed by atoms with van der Waals surface area (Å²) in [5.74, 6) is -0.958. The minimum Gasteiger partial charge on any atom is -0.478 e. The summed E-state index contributed by atoms with van der Waals surface area (Å²) < 4.78 is 5.88. The normalized spacial score (nSPS) is 16.5. The molecule has 0 amide bonds. The monoisotopic (exact) mass is 320 g/mol. The maximum Gasteiger partial charge on any atom is 0.335 e. The molecule has 0 bridgehead atoms. The molecule has 1 atom stereocenters. The second kappa shape index (κ2) is 6.99. The lowest BCUT2D eigenvalue weighted by Crippen LogP contribution is -2.24. The van der Waals surface area contributed by atoms with Gasteiger partial charge in [0.2, 0.25) is 0 Å². The van der Waals surface area contributed by atoms with Crippen LogP contribution in [0.5, 0.6) is 0 Å². The third-order valence-corrected chi connectivity index (χ3v) is 3.87. The third-order valence-electron chi connectivity index (χ3n) is 3.87. The number of nitrogens with zero attached hydrogens (tertiary/aromatic N) is 2. The van der Waals surface area contributed by atoms with Gasteiger partial charge in [0.1, 0.15) is 6.10 Å². The van der Waals surface area contributed by atoms with Gasteiger partial charge in [0.25, 0.3) is 0 Å². The first-order chi connectivity index (χ1) is 11.7. The van der Waals surface area contributed by atoms with Crippen molar-refractivity contribution in [3.8, 4) is 6.07 Å². The highest BCUT2D eigenvalue weighted by atomic mass is 16.5. The van der Waals surface area contributed by atoms with Crippen LogP contribution >= 0.6 is 0 Å². The van der Waals surface area contributed by atoms with E-state index in [0.717, 1.165) is 11.3 Å². The Morgan fingerprint density at radius 1 is 1.21 bits per heavy atom. The van der Waals surface area contributed by atoms with Gasteiger partial charge in [0.15, 0.2) is 0 Å². The zero-order valence-electron chi connectivity index (χ0n) is 12.9. The average molecular weight is 320 g/mol. The fraction of sp³-hybridized carbons (Fsp3) is 0.158. The van der Waals surface area contributed by atoms with E-state index < -0.39 is 5.97 Å². The van der Waals surface area contributed by atoms with Gasteiger partial charge in [-0.3, -0.25) is 0 Å². The molecule has 2 aromatic rings. The molecule has 0 saturated heterocycles. The molecule has 1 aliphatic rings. The average Bonchev–Trinajstić information content (AvgIpc) is 3.04. The summed E-state index contributed by atoms with van der Waals surface area (Å²) >= 11 is 0. The Morgan fingerprint density at radius 3 is 2.54 bits per heavy atom. The Morgan fingerprint density at radius 2 is 1.92 bits per heavy atom. The van der Waals surface area contributed by atoms with Crippen LogP contribution in [0.15, 0.2) is 66.4 Å². The lowest BCUT2D eigenvalue weighted by atomic mass is 10.2. The Labute approximate surface area is 140 Å². The molecule has 3 rings (SSSR count). The zero-order valence-corrected chi connectivity index (χ0v) is 12.9. The van der Waals surface area contributed by atoms with E-state index in [9.17, 15) is 10.1 Å². The summed E-state index contributed by atoms with van der Waals surface area (Å²) in [4.78, 5) is 12.8. The number of benzene rings is 2. The molecule has 1 aliphatic heterocycles. The molecule has 0 aliphatic carbocycles. The number of carboxylic acids is 1. The number of hydrogen-bond donors (Lipinski definition) is 1. The predicted molar refractivity (Wildman–Crippen MR) is 89.5 cm³/mol. The highest BCUT2D eigenvalue weighted by Gasteiger charge is 2.26. The summed E-state index contributed by atoms with van der Waals surface area (Å²) in [7, 11) is 0. The molecule has 0 saturated carbocycles. The van der Waals surface area contributed by atoms with Crippen LogP contribution in [0.2, 0.25) is 0 Å². The quantitative estimate of drug-likeness (QED) is 0.916. The molecular formula is C19H16N2O3. The van der Waals surface area contributed by atoms with Crippen molar-refractivity contribution in [3.05, 3.63) is 77.5 Å². The van der Waals surface area contributed by atoms with E-state index in [1.54, 1.807) is 30.5 Å². The molecule has 1 unspecified atom stereocenters. The molecule has 0 aromatic heterocycles. The third kappa shape index (κ3) is 3.45. The van der Waals surface area contributed by atoms with Crippen LogP contribution in [0.4, 0.5) is 5.69 Å². The lowest BCUT2D eigenvalue weighted by Gasteiger charge is -2.18. The summed E-state index contributed by atoms with van der Waals surface area (Å²) in [5, 5.41) is 18.3. The van der Waals surface area contributed by atoms with E-state index in [4.69, 9.17) is 9.84 Å². The zero-order chi connectivity index (χ0) is 16.9. The van der Waals surface area contributed by atoms with Gasteiger partial charge in [0.05, 0.1) is 30.4 Å². The number of aromatic carboxylic acids is 1. The van der Waals surface area contributed by atoms with Gasteiger partial charge in [0, 0.05) is 11.9 Å². The number of carbonyl (C=O) groups is 1. The summed E-state index contributed by atoms with van der Waals surface area (Å²) in [6, 6.07) is 18.5. The van der Waals surface area contributed by atoms with E-state index >= 15 is 0 Å². The summed E-state index contributed by atoms with van der Waals surface area (Å²) in [5.41, 5.74) is 2.69. The first kappa shape index (κ1) is 15.8. The molecule has 1 N–H and O–H groups in total. The minimum absolute atomic E-state index is 0.235. The van der Waals surface area contributed by atoms with E-state index in [2.05, 4.69) is 6.07 Å². The van der Waals surface area contributed by atoms with Crippen molar-refractivity contribution in [3.63, 3.8) is 0 Å². The van der Waals surface area contributed by atoms with Gasteiger partial charge in [-0.2, -0.15) is 5.26 Å². The van der Waals surface area contributed by atoms with Crippen molar-refractivity contribution >= 4 is 11.7 Å². The second-order valence-electron chi connectivity index (χ2n) is 5.49. The number of hydrogen-bond acceptors (Lipinski definition) is 4. The van der Waals surface area contributed by atoms with E-state index in [-0.39, 0.29) is 11.7 Å². The minimum atomic E-state index is -0.958. The van der Waals surface area contributed by atoms with Crippen LogP contribution in [0.1, 0.15) is 15.9 Å². The second-order valence-corrected chi connectivity index (χ2v) is 5.49. The van der Waals surface area contributed by atoms with Gasteiger partial charge >= 0.3 is 5.97 Å². The predicted octanol–water partition coefficient (Wildman–Crippen LogP) is 3.20. The molecule has 0 fully saturated rings. The first-order valence-corrected chi connectivity index (χ1v) is 7.54. The number of anilines is 1. The SMILES string of the molecule is N#CC1=CN(c2ccc(C(=O)O)cc2)CC1OCc1ccccc1. The fourth-order valence-electron chi connectivity index (χ4n) is 2.57. The van der Waals surface area contributed by atoms with Gasteiger partial charge in [-0.1, -0.05) is 30.3 Å². The number of carboxylic acid groups (broad SMARTS) is 1. The highest BCUT2D eigenvalue weighted by molar-refractivity contribution is 5.88. The Hall–Kier alpha value is -3.10. The van der Waals surface area contributed by atoms with E-state index in [1.807, 2.05) is 35.2 Å². The maximum absolute atomic E-state index is 10.9. The van der Waals surface area contributed by atoms with Crippen molar-refractivity contribution in [2.45, 2.75) is 12.7 Å². The van der Waals surface area contributed by atoms with Crippen LogP contribution < -0.4 is 4.90 Å². The lowest BCUT2D eigenvalue weighted by molar-refractivity contribution is 0.0696. The fourth-order valence-corrected chi connectivity index (χ4v) is 2.57. The number of ether oxygens (including phenoxy) is 1. The smallest absolute Gasteiger partial charge is 0.335 e. The van der Waals surface area contributed by atoms with Crippen LogP contribution in [0, 0.1) is 11.3 Å². The van der Waals surface area contributed by atoms with Crippen molar-refractivity contribution in [2.24, 2.45) is 0 Å². The molecule has 24 heavy (non-hydrogen) atoms. The summed E-state index contributed by atoms with van der Waals surface area (Å²) in [6.07, 6.45) is 1.46. The molecule has 2 aromatic carbocycles. The van der Waals surface area contributed by atoms with Crippen molar-refractivity contribution in [1.29, 1.82) is 5.26 Å². The largest absolute Gasteiger partial charge is 0.478 e. The van der Waals surface area contributed by atoms with Gasteiger partial charge in [-0.05, 0) is 29.8 Å². The van der Waals surface area contributed by atoms with Crippen molar-refractivity contribution < 1.29 is 14.6 Å². The first-order valence-electron chi connectivity index (χ1n) is 7.54. The molecule has 0 spiro atoms. The Balaban J connectivity index is 1.68. The van der Waals surface area contributed by atoms with Gasteiger partial charge < -0.3 is 14.7 Å². The van der Waals surface area contributed by atoms with Crippen LogP contribution in [-0.2, 0) is 11.3 Å². The van der Waals surface area contributed by atoms with Crippen LogP contribution in [0.3, 0.4) is 0 Å². The number of nitriles is 1. The van der Waals surface area contributed by atoms with Gasteiger partial charge in [-0.25, -0.2) is 4.79 Å². The standard InChI is InChI=1S/C19H16N2O3/c20-10-16-11-21(17-8-6-15(7-9-17)19(22)23)12-18(16)24-13-14-4-2-1-3-5-14/h1-9,11,18H,12-13H2,(H,22,23). The van der Waals surface area contributed by atoms with Crippen molar-refractivity contribution in [2.75, 3.05) is 11.4 Å². The molecule has 1 heterocycles. The van der Waals surface area contributed by atoms with Crippen LogP contribution in [-0.4, -0.2) is 23.7 Å². The molecule has 5 heteroatoms. The van der Waals surface area contributed by atoms with E-state index in [0.29, 0.717) is 18.7 Å². The molecule has 0 radical (unpaired) electrons. The maximum atomic E-state index is 10.9. The molecule has 120 valence electrons. The van der Waals surface area contributed by atoms with Crippen molar-refractivity contribution in [1.82, 2.24) is 0 Å². The highest BCUT2D eigenvalue weighted by Crippen LogP contribution is 2.25.